The van der Waals surface area contributed by atoms with Gasteiger partial charge in [0, 0.05) is 23.0 Å². The van der Waals surface area contributed by atoms with Gasteiger partial charge in [0.05, 0.1) is 18.5 Å². The molecule has 110 valence electrons. The third-order valence-corrected chi connectivity index (χ3v) is 3.09. The minimum Gasteiger partial charge on any atom is -0.508 e. The highest BCUT2D eigenvalue weighted by Crippen LogP contribution is 2.23. The number of nitrogens with one attached hydrogen (secondary N) is 1. The van der Waals surface area contributed by atoms with E-state index >= 15 is 0 Å². The molecule has 2 rings (SSSR count). The Bertz CT molecular complexity index is 769. The number of aliphatic imine (C=N–C) groups is 1. The number of phenols is 2. The monoisotopic (exact) mass is 287 g/mol. The maximum Gasteiger partial charge on any atom is 0.326 e. The number of aromatic amines is 1. The Balaban J connectivity index is 2.37. The molecule has 1 heterocycles. The molecule has 21 heavy (non-hydrogen) atoms. The first kappa shape index (κ1) is 14.6. The molecule has 1 aromatic heterocycles. The molecular formula is C15H17N3O3. The predicted octanol–water partition coefficient (Wildman–Crippen LogP) is 1.90. The van der Waals surface area contributed by atoms with E-state index < -0.39 is 0 Å². The van der Waals surface area contributed by atoms with Crippen molar-refractivity contribution in [2.75, 3.05) is 0 Å². The molecular weight excluding hydrogens is 270 g/mol. The van der Waals surface area contributed by atoms with Crippen LogP contribution in [0.25, 0.3) is 0 Å². The summed E-state index contributed by atoms with van der Waals surface area (Å²) in [6.45, 7) is 7.41. The number of rotatable bonds is 4. The molecule has 0 bridgehead atoms. The lowest BCUT2D eigenvalue weighted by Crippen LogP contribution is -2.18. The summed E-state index contributed by atoms with van der Waals surface area (Å²) < 4.78 is 1.49. The third kappa shape index (κ3) is 3.22. The molecule has 0 aliphatic heterocycles. The fourth-order valence-corrected chi connectivity index (χ4v) is 1.92. The molecule has 0 atom stereocenters. The van der Waals surface area contributed by atoms with Crippen LogP contribution in [0.15, 0.2) is 40.3 Å². The Morgan fingerprint density at radius 3 is 2.81 bits per heavy atom. The quantitative estimate of drug-likeness (QED) is 0.750. The van der Waals surface area contributed by atoms with Crippen LogP contribution in [0.1, 0.15) is 23.9 Å². The van der Waals surface area contributed by atoms with Gasteiger partial charge in [-0.05, 0) is 26.0 Å². The van der Waals surface area contributed by atoms with E-state index in [4.69, 9.17) is 0 Å². The molecule has 0 saturated carbocycles. The zero-order valence-corrected chi connectivity index (χ0v) is 11.9. The van der Waals surface area contributed by atoms with Crippen molar-refractivity contribution in [2.45, 2.75) is 20.4 Å². The summed E-state index contributed by atoms with van der Waals surface area (Å²) in [4.78, 5) is 18.7. The molecule has 0 spiro atoms. The molecule has 0 aliphatic rings. The molecule has 3 N–H and O–H groups in total. The van der Waals surface area contributed by atoms with E-state index in [0.717, 1.165) is 0 Å². The SMILES string of the molecule is C=C(C)N=Cc1[nH]c(=O)n(Cc2ccc(O)cc2O)c1C. The standard InChI is InChI=1S/C15H17N3O3/c1-9(2)16-7-13-10(3)18(15(21)17-13)8-11-4-5-12(19)6-14(11)20/h4-7,19-20H,1,8H2,2-3H3,(H,17,21). The van der Waals surface area contributed by atoms with Gasteiger partial charge in [0.25, 0.3) is 0 Å². The smallest absolute Gasteiger partial charge is 0.326 e. The maximum absolute atomic E-state index is 12.0. The largest absolute Gasteiger partial charge is 0.508 e. The zero-order valence-electron chi connectivity index (χ0n) is 11.9. The number of hydrogen-bond donors (Lipinski definition) is 3. The van der Waals surface area contributed by atoms with Gasteiger partial charge < -0.3 is 15.2 Å². The van der Waals surface area contributed by atoms with Crippen molar-refractivity contribution in [1.29, 1.82) is 0 Å². The normalized spacial score (nSPS) is 11.1. The summed E-state index contributed by atoms with van der Waals surface area (Å²) in [5.41, 5.74) is 2.20. The van der Waals surface area contributed by atoms with E-state index in [0.29, 0.717) is 22.6 Å². The second-order valence-corrected chi connectivity index (χ2v) is 4.82. The highest BCUT2D eigenvalue weighted by atomic mass is 16.3. The van der Waals surface area contributed by atoms with Crippen molar-refractivity contribution in [2.24, 2.45) is 4.99 Å². The number of H-pyrrole nitrogens is 1. The van der Waals surface area contributed by atoms with Crippen LogP contribution in [0, 0.1) is 6.92 Å². The highest BCUT2D eigenvalue weighted by Gasteiger charge is 2.11. The summed E-state index contributed by atoms with van der Waals surface area (Å²) in [5.74, 6) is -0.0803. The number of aromatic hydroxyl groups is 2. The number of hydrogen-bond acceptors (Lipinski definition) is 4. The van der Waals surface area contributed by atoms with Gasteiger partial charge in [-0.2, -0.15) is 0 Å². The summed E-state index contributed by atoms with van der Waals surface area (Å²) in [7, 11) is 0. The van der Waals surface area contributed by atoms with Gasteiger partial charge in [-0.15, -0.1) is 0 Å². The molecule has 6 nitrogen and oxygen atoms in total. The maximum atomic E-state index is 12.0. The van der Waals surface area contributed by atoms with E-state index in [1.165, 1.54) is 16.7 Å². The molecule has 2 aromatic rings. The van der Waals surface area contributed by atoms with Crippen LogP contribution < -0.4 is 5.69 Å². The zero-order chi connectivity index (χ0) is 15.6. The van der Waals surface area contributed by atoms with E-state index in [1.54, 1.807) is 26.1 Å². The number of allylic oxidation sites excluding steroid dienone is 1. The number of benzene rings is 1. The molecule has 0 saturated heterocycles. The fraction of sp³-hybridized carbons (Fsp3) is 0.200. The number of aromatic nitrogens is 2. The van der Waals surface area contributed by atoms with Gasteiger partial charge in [-0.25, -0.2) is 4.79 Å². The van der Waals surface area contributed by atoms with Gasteiger partial charge >= 0.3 is 5.69 Å². The lowest BCUT2D eigenvalue weighted by atomic mass is 10.2. The van der Waals surface area contributed by atoms with Gasteiger partial charge in [0.2, 0.25) is 0 Å². The average Bonchev–Trinajstić information content (AvgIpc) is 2.66. The Morgan fingerprint density at radius 1 is 1.48 bits per heavy atom. The summed E-state index contributed by atoms with van der Waals surface area (Å²) in [5, 5.41) is 19.1. The topological polar surface area (TPSA) is 90.6 Å². The first-order chi connectivity index (χ1) is 9.88. The molecule has 0 unspecified atom stereocenters. The Morgan fingerprint density at radius 2 is 2.19 bits per heavy atom. The predicted molar refractivity (Wildman–Crippen MR) is 81.1 cm³/mol. The first-order valence-corrected chi connectivity index (χ1v) is 6.38. The molecule has 0 fully saturated rings. The minimum absolute atomic E-state index is 0.0244. The Kier molecular flexibility index (Phi) is 3.98. The Labute approximate surface area is 121 Å². The van der Waals surface area contributed by atoms with Crippen molar-refractivity contribution in [3.05, 3.63) is 57.9 Å². The summed E-state index contributed by atoms with van der Waals surface area (Å²) >= 11 is 0. The van der Waals surface area contributed by atoms with Crippen LogP contribution in [0.3, 0.4) is 0 Å². The van der Waals surface area contributed by atoms with Gasteiger partial charge in [0.1, 0.15) is 11.5 Å². The van der Waals surface area contributed by atoms with Crippen LogP contribution in [-0.2, 0) is 6.54 Å². The van der Waals surface area contributed by atoms with Crippen LogP contribution >= 0.6 is 0 Å². The van der Waals surface area contributed by atoms with Crippen molar-refractivity contribution < 1.29 is 10.2 Å². The second kappa shape index (κ2) is 5.70. The van der Waals surface area contributed by atoms with E-state index in [2.05, 4.69) is 16.6 Å². The van der Waals surface area contributed by atoms with Crippen LogP contribution in [-0.4, -0.2) is 26.0 Å². The molecule has 6 heteroatoms. The fourth-order valence-electron chi connectivity index (χ4n) is 1.92. The first-order valence-electron chi connectivity index (χ1n) is 6.38. The average molecular weight is 287 g/mol. The van der Waals surface area contributed by atoms with E-state index in [1.807, 2.05) is 0 Å². The molecule has 0 radical (unpaired) electrons. The highest BCUT2D eigenvalue weighted by molar-refractivity contribution is 5.79. The summed E-state index contributed by atoms with van der Waals surface area (Å²) in [6, 6.07) is 4.28. The van der Waals surface area contributed by atoms with Gasteiger partial charge in [0.15, 0.2) is 0 Å². The number of phenolic OH excluding ortho intramolecular Hbond substituents is 2. The van der Waals surface area contributed by atoms with E-state index in [-0.39, 0.29) is 23.7 Å². The second-order valence-electron chi connectivity index (χ2n) is 4.82. The van der Waals surface area contributed by atoms with Gasteiger partial charge in [-0.3, -0.25) is 9.56 Å². The van der Waals surface area contributed by atoms with Crippen LogP contribution in [0.4, 0.5) is 0 Å². The number of nitrogens with zero attached hydrogens (tertiary/aromatic N) is 2. The summed E-state index contributed by atoms with van der Waals surface area (Å²) in [6.07, 6.45) is 1.55. The van der Waals surface area contributed by atoms with Crippen LogP contribution in [0.5, 0.6) is 11.5 Å². The van der Waals surface area contributed by atoms with Crippen molar-refractivity contribution in [3.8, 4) is 11.5 Å². The van der Waals surface area contributed by atoms with Gasteiger partial charge in [-0.1, -0.05) is 6.58 Å². The lowest BCUT2D eigenvalue weighted by Gasteiger charge is -2.07. The Hall–Kier alpha value is -2.76. The van der Waals surface area contributed by atoms with Crippen molar-refractivity contribution >= 4 is 6.21 Å². The van der Waals surface area contributed by atoms with Crippen molar-refractivity contribution in [1.82, 2.24) is 9.55 Å². The van der Waals surface area contributed by atoms with Crippen LogP contribution in [0.2, 0.25) is 0 Å². The molecule has 0 aliphatic carbocycles. The minimum atomic E-state index is -0.289. The lowest BCUT2D eigenvalue weighted by molar-refractivity contribution is 0.444. The molecule has 1 aromatic carbocycles. The molecule has 0 amide bonds. The third-order valence-electron chi connectivity index (χ3n) is 3.09. The van der Waals surface area contributed by atoms with Crippen molar-refractivity contribution in [3.63, 3.8) is 0 Å². The van der Waals surface area contributed by atoms with E-state index in [9.17, 15) is 15.0 Å². The number of imidazole rings is 1.